The van der Waals surface area contributed by atoms with Crippen molar-refractivity contribution in [1.29, 1.82) is 0 Å². The molecule has 0 N–H and O–H groups in total. The van der Waals surface area contributed by atoms with Gasteiger partial charge in [-0.1, -0.05) is 36.4 Å². The van der Waals surface area contributed by atoms with E-state index in [4.69, 9.17) is 9.47 Å². The van der Waals surface area contributed by atoms with E-state index in [9.17, 15) is 9.59 Å². The fraction of sp³-hybridized carbons (Fsp3) is 0.222. The molecule has 0 saturated heterocycles. The lowest BCUT2D eigenvalue weighted by Crippen LogP contribution is -2.22. The maximum Gasteiger partial charge on any atom is 0.334 e. The molecule has 2 aromatic rings. The molecule has 0 aromatic heterocycles. The van der Waals surface area contributed by atoms with Crippen molar-refractivity contribution in [2.75, 3.05) is 14.2 Å². The lowest BCUT2D eigenvalue weighted by atomic mass is 9.84. The zero-order valence-electron chi connectivity index (χ0n) is 12.5. The smallest absolute Gasteiger partial charge is 0.334 e. The van der Waals surface area contributed by atoms with Crippen LogP contribution in [0.3, 0.4) is 0 Å². The lowest BCUT2D eigenvalue weighted by molar-refractivity contribution is -0.139. The van der Waals surface area contributed by atoms with Crippen molar-refractivity contribution in [3.05, 3.63) is 58.7 Å². The summed E-state index contributed by atoms with van der Waals surface area (Å²) in [5.41, 5.74) is 2.87. The predicted molar refractivity (Wildman–Crippen MR) is 82.4 cm³/mol. The lowest BCUT2D eigenvalue weighted by Gasteiger charge is -2.21. The molecule has 0 unspecified atom stereocenters. The Labute approximate surface area is 128 Å². The Morgan fingerprint density at radius 2 is 1.23 bits per heavy atom. The van der Waals surface area contributed by atoms with Gasteiger partial charge in [0.05, 0.1) is 25.4 Å². The standard InChI is InChI=1S/C18H16O4/c1-21-17(19)15-9-13-7-11-5-3-4-6-12(11)8-14(13)10-16(15)18(20)22-2/h3-8H,9-10H2,1-2H3. The van der Waals surface area contributed by atoms with Crippen LogP contribution in [0.1, 0.15) is 11.1 Å². The van der Waals surface area contributed by atoms with Gasteiger partial charge in [-0.25, -0.2) is 9.59 Å². The Morgan fingerprint density at radius 3 is 1.59 bits per heavy atom. The molecule has 0 bridgehead atoms. The average Bonchev–Trinajstić information content (AvgIpc) is 2.57. The molecular formula is C18H16O4. The first kappa shape index (κ1) is 14.3. The number of methoxy groups -OCH3 is 2. The summed E-state index contributed by atoms with van der Waals surface area (Å²) in [5, 5.41) is 2.24. The van der Waals surface area contributed by atoms with Gasteiger partial charge in [0.1, 0.15) is 0 Å². The quantitative estimate of drug-likeness (QED) is 0.799. The number of esters is 2. The third kappa shape index (κ3) is 2.37. The summed E-state index contributed by atoms with van der Waals surface area (Å²) in [6.45, 7) is 0. The van der Waals surface area contributed by atoms with Crippen LogP contribution in [0.4, 0.5) is 0 Å². The highest BCUT2D eigenvalue weighted by molar-refractivity contribution is 6.02. The van der Waals surface area contributed by atoms with Crippen molar-refractivity contribution in [2.45, 2.75) is 12.8 Å². The van der Waals surface area contributed by atoms with E-state index >= 15 is 0 Å². The second-order valence-corrected chi connectivity index (χ2v) is 5.26. The van der Waals surface area contributed by atoms with Crippen molar-refractivity contribution >= 4 is 22.7 Å². The van der Waals surface area contributed by atoms with E-state index in [0.717, 1.165) is 21.9 Å². The van der Waals surface area contributed by atoms with Gasteiger partial charge < -0.3 is 9.47 Å². The van der Waals surface area contributed by atoms with E-state index in [1.165, 1.54) is 14.2 Å². The number of fused-ring (bicyclic) bond motifs is 2. The van der Waals surface area contributed by atoms with Gasteiger partial charge in [0.2, 0.25) is 0 Å². The van der Waals surface area contributed by atoms with Crippen molar-refractivity contribution < 1.29 is 19.1 Å². The first-order chi connectivity index (χ1) is 10.6. The van der Waals surface area contributed by atoms with E-state index < -0.39 is 11.9 Å². The minimum atomic E-state index is -0.473. The van der Waals surface area contributed by atoms with Crippen LogP contribution < -0.4 is 0 Å². The first-order valence-electron chi connectivity index (χ1n) is 7.03. The molecule has 0 atom stereocenters. The molecule has 0 amide bonds. The Hall–Kier alpha value is -2.62. The maximum atomic E-state index is 12.0. The summed E-state index contributed by atoms with van der Waals surface area (Å²) < 4.78 is 9.63. The van der Waals surface area contributed by atoms with Crippen LogP contribution in [0.2, 0.25) is 0 Å². The van der Waals surface area contributed by atoms with Crippen molar-refractivity contribution in [3.8, 4) is 0 Å². The Bertz CT molecular complexity index is 735. The second-order valence-electron chi connectivity index (χ2n) is 5.26. The SMILES string of the molecule is COC(=O)C1=C(C(=O)OC)Cc2cc3ccccc3cc2C1. The van der Waals surface area contributed by atoms with Crippen LogP contribution in [0.25, 0.3) is 10.8 Å². The number of carbonyl (C=O) groups excluding carboxylic acids is 2. The van der Waals surface area contributed by atoms with Crippen molar-refractivity contribution in [2.24, 2.45) is 0 Å². The summed E-state index contributed by atoms with van der Waals surface area (Å²) in [6, 6.07) is 12.2. The van der Waals surface area contributed by atoms with E-state index in [1.807, 2.05) is 24.3 Å². The molecule has 0 radical (unpaired) electrons. The number of hydrogen-bond acceptors (Lipinski definition) is 4. The van der Waals surface area contributed by atoms with Gasteiger partial charge in [-0.3, -0.25) is 0 Å². The Kier molecular flexibility index (Phi) is 3.67. The summed E-state index contributed by atoms with van der Waals surface area (Å²) >= 11 is 0. The van der Waals surface area contributed by atoms with Gasteiger partial charge in [-0.05, 0) is 21.9 Å². The summed E-state index contributed by atoms with van der Waals surface area (Å²) in [7, 11) is 2.64. The van der Waals surface area contributed by atoms with E-state index in [-0.39, 0.29) is 0 Å². The largest absolute Gasteiger partial charge is 0.466 e. The zero-order chi connectivity index (χ0) is 15.7. The average molecular weight is 296 g/mol. The summed E-state index contributed by atoms with van der Waals surface area (Å²) in [5.74, 6) is -0.946. The van der Waals surface area contributed by atoms with Gasteiger partial charge in [-0.2, -0.15) is 0 Å². The molecule has 4 heteroatoms. The van der Waals surface area contributed by atoms with Gasteiger partial charge in [0, 0.05) is 12.8 Å². The third-order valence-electron chi connectivity index (χ3n) is 4.03. The normalized spacial score (nSPS) is 13.7. The van der Waals surface area contributed by atoms with Crippen molar-refractivity contribution in [3.63, 3.8) is 0 Å². The topological polar surface area (TPSA) is 52.6 Å². The highest BCUT2D eigenvalue weighted by Crippen LogP contribution is 2.31. The molecule has 3 rings (SSSR count). The van der Waals surface area contributed by atoms with E-state index in [0.29, 0.717) is 24.0 Å². The number of hydrogen-bond donors (Lipinski definition) is 0. The molecule has 0 fully saturated rings. The van der Waals surface area contributed by atoms with Crippen LogP contribution in [-0.2, 0) is 31.9 Å². The summed E-state index contributed by atoms with van der Waals surface area (Å²) in [4.78, 5) is 24.0. The molecule has 0 heterocycles. The Morgan fingerprint density at radius 1 is 0.818 bits per heavy atom. The molecule has 22 heavy (non-hydrogen) atoms. The molecule has 0 aliphatic heterocycles. The predicted octanol–water partition coefficient (Wildman–Crippen LogP) is 2.58. The van der Waals surface area contributed by atoms with Crippen LogP contribution in [0.5, 0.6) is 0 Å². The minimum Gasteiger partial charge on any atom is -0.466 e. The molecule has 0 spiro atoms. The van der Waals surface area contributed by atoms with Crippen molar-refractivity contribution in [1.82, 2.24) is 0 Å². The zero-order valence-corrected chi connectivity index (χ0v) is 12.5. The molecule has 1 aliphatic rings. The Balaban J connectivity index is 2.12. The molecule has 1 aliphatic carbocycles. The van der Waals surface area contributed by atoms with E-state index in [2.05, 4.69) is 12.1 Å². The van der Waals surface area contributed by atoms with Crippen LogP contribution in [-0.4, -0.2) is 26.2 Å². The van der Waals surface area contributed by atoms with Crippen LogP contribution in [0.15, 0.2) is 47.5 Å². The molecule has 0 saturated carbocycles. The second kappa shape index (κ2) is 5.64. The molecular weight excluding hydrogens is 280 g/mol. The fourth-order valence-electron chi connectivity index (χ4n) is 2.90. The van der Waals surface area contributed by atoms with Gasteiger partial charge in [0.25, 0.3) is 0 Å². The first-order valence-corrected chi connectivity index (χ1v) is 7.03. The minimum absolute atomic E-state index is 0.386. The van der Waals surface area contributed by atoms with Gasteiger partial charge in [0.15, 0.2) is 0 Å². The van der Waals surface area contributed by atoms with E-state index in [1.54, 1.807) is 0 Å². The van der Waals surface area contributed by atoms with Gasteiger partial charge >= 0.3 is 11.9 Å². The number of benzene rings is 2. The third-order valence-corrected chi connectivity index (χ3v) is 4.03. The van der Waals surface area contributed by atoms with Crippen LogP contribution >= 0.6 is 0 Å². The summed E-state index contributed by atoms with van der Waals surface area (Å²) in [6.07, 6.45) is 0.772. The molecule has 112 valence electrons. The van der Waals surface area contributed by atoms with Gasteiger partial charge in [-0.15, -0.1) is 0 Å². The fourth-order valence-corrected chi connectivity index (χ4v) is 2.90. The maximum absolute atomic E-state index is 12.0. The highest BCUT2D eigenvalue weighted by Gasteiger charge is 2.28. The number of ether oxygens (including phenoxy) is 2. The number of carbonyl (C=O) groups is 2. The molecule has 4 nitrogen and oxygen atoms in total. The molecule has 2 aromatic carbocycles. The number of rotatable bonds is 2. The monoisotopic (exact) mass is 296 g/mol. The van der Waals surface area contributed by atoms with Crippen LogP contribution in [0, 0.1) is 0 Å². The highest BCUT2D eigenvalue weighted by atomic mass is 16.5.